The number of benzene rings is 1. The molecule has 1 aliphatic rings. The quantitative estimate of drug-likeness (QED) is 0.685. The van der Waals surface area contributed by atoms with Crippen LogP contribution >= 0.6 is 11.8 Å². The van der Waals surface area contributed by atoms with Gasteiger partial charge in [0.25, 0.3) is 5.91 Å². The summed E-state index contributed by atoms with van der Waals surface area (Å²) in [5, 5.41) is 0. The van der Waals surface area contributed by atoms with Gasteiger partial charge in [0, 0.05) is 22.9 Å². The Morgan fingerprint density at radius 3 is 2.52 bits per heavy atom. The van der Waals surface area contributed by atoms with Gasteiger partial charge in [0.2, 0.25) is 0 Å². The molecule has 5 nitrogen and oxygen atoms in total. The lowest BCUT2D eigenvalue weighted by molar-refractivity contribution is 0.0218. The van der Waals surface area contributed by atoms with E-state index in [9.17, 15) is 9.59 Å². The van der Waals surface area contributed by atoms with Gasteiger partial charge in [-0.3, -0.25) is 9.78 Å². The summed E-state index contributed by atoms with van der Waals surface area (Å²) in [5.74, 6) is -0.409. The number of hydrogen-bond donors (Lipinski definition) is 0. The van der Waals surface area contributed by atoms with Gasteiger partial charge in [-0.05, 0) is 33.1 Å². The predicted octanol–water partition coefficient (Wildman–Crippen LogP) is 4.96. The number of carbonyl (C=O) groups excluding carboxylic acids is 2. The van der Waals surface area contributed by atoms with Crippen LogP contribution in [-0.2, 0) is 4.74 Å². The first-order valence-electron chi connectivity index (χ1n) is 8.90. The highest BCUT2D eigenvalue weighted by atomic mass is 32.2. The van der Waals surface area contributed by atoms with E-state index in [2.05, 4.69) is 0 Å². The van der Waals surface area contributed by atoms with E-state index in [0.29, 0.717) is 5.56 Å². The van der Waals surface area contributed by atoms with E-state index in [-0.39, 0.29) is 18.4 Å². The molecule has 2 aromatic rings. The summed E-state index contributed by atoms with van der Waals surface area (Å²) >= 11 is 1.49. The van der Waals surface area contributed by atoms with Crippen molar-refractivity contribution in [2.45, 2.75) is 44.1 Å². The van der Waals surface area contributed by atoms with Gasteiger partial charge >= 0.3 is 6.09 Å². The Morgan fingerprint density at radius 2 is 1.93 bits per heavy atom. The highest BCUT2D eigenvalue weighted by Gasteiger charge is 2.38. The van der Waals surface area contributed by atoms with Gasteiger partial charge in [-0.15, -0.1) is 11.8 Å². The zero-order valence-electron chi connectivity index (χ0n) is 16.3. The Balaban J connectivity index is 2.04. The van der Waals surface area contributed by atoms with E-state index in [1.165, 1.54) is 16.7 Å². The van der Waals surface area contributed by atoms with Crippen LogP contribution in [0.25, 0.3) is 11.3 Å². The van der Waals surface area contributed by atoms with Crippen LogP contribution in [0.3, 0.4) is 0 Å². The van der Waals surface area contributed by atoms with Crippen LogP contribution < -0.4 is 0 Å². The topological polar surface area (TPSA) is 59.5 Å². The van der Waals surface area contributed by atoms with Gasteiger partial charge < -0.3 is 4.74 Å². The number of nitrogens with zero attached hydrogens (tertiary/aromatic N) is 2. The predicted molar refractivity (Wildman–Crippen MR) is 107 cm³/mol. The van der Waals surface area contributed by atoms with Crippen LogP contribution in [0.1, 0.15) is 49.7 Å². The summed E-state index contributed by atoms with van der Waals surface area (Å²) in [6, 6.07) is 11.8. The first-order chi connectivity index (χ1) is 12.7. The van der Waals surface area contributed by atoms with E-state index >= 15 is 0 Å². The number of rotatable bonds is 2. The number of hydrogen-bond acceptors (Lipinski definition) is 5. The van der Waals surface area contributed by atoms with Crippen molar-refractivity contribution in [3.05, 3.63) is 47.7 Å². The molecular formula is C21H24N2O3S. The molecule has 142 valence electrons. The highest BCUT2D eigenvalue weighted by molar-refractivity contribution is 7.98. The fourth-order valence-corrected chi connectivity index (χ4v) is 3.71. The SMILES string of the molecule is CSc1cc(-c2ccccc2)nc2c1C(=O)N(C(=O)OC(C)(C)C)CC2C. The molecule has 0 saturated heterocycles. The lowest BCUT2D eigenvalue weighted by Gasteiger charge is -2.33. The van der Waals surface area contributed by atoms with Crippen molar-refractivity contribution < 1.29 is 14.3 Å². The van der Waals surface area contributed by atoms with Crippen molar-refractivity contribution in [2.75, 3.05) is 12.8 Å². The molecule has 0 bridgehead atoms. The molecule has 1 atom stereocenters. The zero-order valence-corrected chi connectivity index (χ0v) is 17.1. The van der Waals surface area contributed by atoms with Crippen molar-refractivity contribution in [1.82, 2.24) is 9.88 Å². The molecule has 3 rings (SSSR count). The number of imide groups is 1. The molecule has 0 spiro atoms. The maximum Gasteiger partial charge on any atom is 0.417 e. The number of carbonyl (C=O) groups is 2. The minimum absolute atomic E-state index is 0.0696. The molecule has 1 aliphatic heterocycles. The Bertz CT molecular complexity index is 875. The summed E-state index contributed by atoms with van der Waals surface area (Å²) in [7, 11) is 0. The van der Waals surface area contributed by atoms with E-state index in [1.54, 1.807) is 20.8 Å². The zero-order chi connectivity index (χ0) is 19.8. The number of aromatic nitrogens is 1. The minimum atomic E-state index is -0.654. The van der Waals surface area contributed by atoms with Gasteiger partial charge in [0.05, 0.1) is 17.0 Å². The largest absolute Gasteiger partial charge is 0.443 e. The van der Waals surface area contributed by atoms with Crippen LogP contribution in [0, 0.1) is 0 Å². The number of pyridine rings is 1. The van der Waals surface area contributed by atoms with Crippen molar-refractivity contribution in [3.8, 4) is 11.3 Å². The van der Waals surface area contributed by atoms with Crippen LogP contribution in [-0.4, -0.2) is 40.3 Å². The van der Waals surface area contributed by atoms with Crippen molar-refractivity contribution in [1.29, 1.82) is 0 Å². The molecule has 2 heterocycles. The molecule has 27 heavy (non-hydrogen) atoms. The van der Waals surface area contributed by atoms with Crippen molar-refractivity contribution in [2.24, 2.45) is 0 Å². The molecule has 6 heteroatoms. The number of amides is 2. The van der Waals surface area contributed by atoms with Crippen LogP contribution in [0.15, 0.2) is 41.3 Å². The Morgan fingerprint density at radius 1 is 1.26 bits per heavy atom. The van der Waals surface area contributed by atoms with Gasteiger partial charge in [0.1, 0.15) is 5.60 Å². The van der Waals surface area contributed by atoms with Crippen LogP contribution in [0.2, 0.25) is 0 Å². The minimum Gasteiger partial charge on any atom is -0.443 e. The van der Waals surface area contributed by atoms with Crippen LogP contribution in [0.4, 0.5) is 4.79 Å². The molecular weight excluding hydrogens is 360 g/mol. The van der Waals surface area contributed by atoms with Crippen molar-refractivity contribution >= 4 is 23.8 Å². The van der Waals surface area contributed by atoms with Gasteiger partial charge in [-0.25, -0.2) is 9.69 Å². The average Bonchev–Trinajstić information content (AvgIpc) is 2.62. The third kappa shape index (κ3) is 4.00. The summed E-state index contributed by atoms with van der Waals surface area (Å²) in [5.41, 5.74) is 2.43. The van der Waals surface area contributed by atoms with E-state index < -0.39 is 11.7 Å². The lowest BCUT2D eigenvalue weighted by Crippen LogP contribution is -2.46. The van der Waals surface area contributed by atoms with E-state index in [4.69, 9.17) is 9.72 Å². The average molecular weight is 385 g/mol. The highest BCUT2D eigenvalue weighted by Crippen LogP contribution is 2.36. The Kier molecular flexibility index (Phi) is 5.29. The van der Waals surface area contributed by atoms with Gasteiger partial charge in [-0.1, -0.05) is 37.3 Å². The monoisotopic (exact) mass is 384 g/mol. The van der Waals surface area contributed by atoms with Gasteiger partial charge in [-0.2, -0.15) is 0 Å². The molecule has 0 aliphatic carbocycles. The Hall–Kier alpha value is -2.34. The molecule has 0 saturated carbocycles. The van der Waals surface area contributed by atoms with Crippen molar-refractivity contribution in [3.63, 3.8) is 0 Å². The molecule has 0 radical (unpaired) electrons. The fourth-order valence-electron chi connectivity index (χ4n) is 3.08. The molecule has 1 aromatic carbocycles. The fraction of sp³-hybridized carbons (Fsp3) is 0.381. The third-order valence-electron chi connectivity index (χ3n) is 4.30. The van der Waals surface area contributed by atoms with Crippen LogP contribution in [0.5, 0.6) is 0 Å². The number of fused-ring (bicyclic) bond motifs is 1. The summed E-state index contributed by atoms with van der Waals surface area (Å²) in [4.78, 5) is 32.4. The molecule has 2 amide bonds. The second kappa shape index (κ2) is 7.35. The summed E-state index contributed by atoms with van der Waals surface area (Å²) < 4.78 is 5.42. The van der Waals surface area contributed by atoms with E-state index in [0.717, 1.165) is 21.8 Å². The third-order valence-corrected chi connectivity index (χ3v) is 5.06. The van der Waals surface area contributed by atoms with Gasteiger partial charge in [0.15, 0.2) is 0 Å². The summed E-state index contributed by atoms with van der Waals surface area (Å²) in [6.45, 7) is 7.61. The second-order valence-corrected chi connectivity index (χ2v) is 8.48. The first-order valence-corrected chi connectivity index (χ1v) is 10.1. The lowest BCUT2D eigenvalue weighted by atomic mass is 9.94. The number of thioether (sulfide) groups is 1. The maximum absolute atomic E-state index is 13.1. The molecule has 0 fully saturated rings. The standard InChI is InChI=1S/C21H24N2O3S/c1-13-12-23(20(25)26-21(2,3)4)19(24)17-16(27-5)11-15(22-18(13)17)14-9-7-6-8-10-14/h6-11,13H,12H2,1-5H3. The van der Waals surface area contributed by atoms with E-state index in [1.807, 2.05) is 49.6 Å². The molecule has 1 aromatic heterocycles. The smallest absolute Gasteiger partial charge is 0.417 e. The summed E-state index contributed by atoms with van der Waals surface area (Å²) in [6.07, 6.45) is 1.32. The number of ether oxygens (including phenoxy) is 1. The molecule has 1 unspecified atom stereocenters. The normalized spacial score (nSPS) is 16.9. The second-order valence-electron chi connectivity index (χ2n) is 7.63. The molecule has 0 N–H and O–H groups in total. The first kappa shape index (κ1) is 19.4. The maximum atomic E-state index is 13.1. The Labute approximate surface area is 164 Å².